The average Bonchev–Trinajstić information content (AvgIpc) is 2.31. The second kappa shape index (κ2) is 5.92. The zero-order valence-corrected chi connectivity index (χ0v) is 9.52. The van der Waals surface area contributed by atoms with E-state index in [9.17, 15) is 14.0 Å². The first-order valence-corrected chi connectivity index (χ1v) is 5.16. The Kier molecular flexibility index (Phi) is 4.56. The van der Waals surface area contributed by atoms with Gasteiger partial charge >= 0.3 is 5.97 Å². The van der Waals surface area contributed by atoms with Gasteiger partial charge in [-0.1, -0.05) is 6.08 Å². The number of anilines is 1. The number of benzene rings is 1. The van der Waals surface area contributed by atoms with Crippen LogP contribution < -0.4 is 11.1 Å². The van der Waals surface area contributed by atoms with Crippen molar-refractivity contribution in [3.63, 3.8) is 0 Å². The highest BCUT2D eigenvalue weighted by Gasteiger charge is 2.16. The number of carbonyl (C=O) groups excluding carboxylic acids is 1. The summed E-state index contributed by atoms with van der Waals surface area (Å²) in [7, 11) is 0. The standard InChI is InChI=1S/C12H13FN2O3/c1-2-3-9(14)11(16)15-10-5-4-7(13)6-8(10)12(17)18/h2,4-6,9H,1,3,14H2,(H,15,16)(H,17,18). The van der Waals surface area contributed by atoms with Crippen LogP contribution in [-0.2, 0) is 4.79 Å². The van der Waals surface area contributed by atoms with Gasteiger partial charge in [0.15, 0.2) is 0 Å². The van der Waals surface area contributed by atoms with E-state index in [1.165, 1.54) is 12.1 Å². The first-order chi connectivity index (χ1) is 8.45. The van der Waals surface area contributed by atoms with Crippen molar-refractivity contribution in [3.8, 4) is 0 Å². The van der Waals surface area contributed by atoms with Crippen molar-refractivity contribution in [2.24, 2.45) is 5.73 Å². The van der Waals surface area contributed by atoms with Gasteiger partial charge in [0, 0.05) is 0 Å². The van der Waals surface area contributed by atoms with Crippen molar-refractivity contribution in [2.75, 3.05) is 5.32 Å². The third kappa shape index (κ3) is 3.39. The lowest BCUT2D eigenvalue weighted by molar-refractivity contribution is -0.117. The molecule has 1 aromatic rings. The molecule has 0 fully saturated rings. The second-order valence-electron chi connectivity index (χ2n) is 3.62. The molecule has 0 aliphatic carbocycles. The molecule has 0 radical (unpaired) electrons. The van der Waals surface area contributed by atoms with Crippen LogP contribution >= 0.6 is 0 Å². The van der Waals surface area contributed by atoms with E-state index in [0.29, 0.717) is 0 Å². The van der Waals surface area contributed by atoms with Crippen molar-refractivity contribution < 1.29 is 19.1 Å². The van der Waals surface area contributed by atoms with Crippen LogP contribution in [-0.4, -0.2) is 23.0 Å². The minimum atomic E-state index is -1.33. The van der Waals surface area contributed by atoms with E-state index < -0.39 is 23.7 Å². The molecule has 4 N–H and O–H groups in total. The van der Waals surface area contributed by atoms with E-state index in [4.69, 9.17) is 10.8 Å². The molecule has 5 nitrogen and oxygen atoms in total. The molecule has 0 saturated carbocycles. The molecular weight excluding hydrogens is 239 g/mol. The number of hydrogen-bond acceptors (Lipinski definition) is 3. The van der Waals surface area contributed by atoms with E-state index in [-0.39, 0.29) is 17.7 Å². The molecule has 1 unspecified atom stereocenters. The lowest BCUT2D eigenvalue weighted by Gasteiger charge is -2.12. The Hall–Kier alpha value is -2.21. The number of hydrogen-bond donors (Lipinski definition) is 3. The van der Waals surface area contributed by atoms with Gasteiger partial charge in [0.05, 0.1) is 17.3 Å². The Labute approximate surface area is 103 Å². The second-order valence-corrected chi connectivity index (χ2v) is 3.62. The predicted octanol–water partition coefficient (Wildman–Crippen LogP) is 1.37. The fraction of sp³-hybridized carbons (Fsp3) is 0.167. The lowest BCUT2D eigenvalue weighted by Crippen LogP contribution is -2.35. The molecule has 0 heterocycles. The normalized spacial score (nSPS) is 11.7. The van der Waals surface area contributed by atoms with Gasteiger partial charge in [-0.15, -0.1) is 6.58 Å². The minimum Gasteiger partial charge on any atom is -0.478 e. The van der Waals surface area contributed by atoms with E-state index in [1.807, 2.05) is 0 Å². The fourth-order valence-electron chi connectivity index (χ4n) is 1.31. The maximum Gasteiger partial charge on any atom is 0.337 e. The Morgan fingerprint density at radius 1 is 1.56 bits per heavy atom. The number of rotatable bonds is 5. The van der Waals surface area contributed by atoms with Crippen LogP contribution in [0.25, 0.3) is 0 Å². The largest absolute Gasteiger partial charge is 0.478 e. The van der Waals surface area contributed by atoms with Crippen molar-refractivity contribution in [3.05, 3.63) is 42.2 Å². The minimum absolute atomic E-state index is 0.00779. The van der Waals surface area contributed by atoms with Gasteiger partial charge in [-0.05, 0) is 24.6 Å². The summed E-state index contributed by atoms with van der Waals surface area (Å²) in [5.74, 6) is -2.58. The van der Waals surface area contributed by atoms with Gasteiger partial charge in [0.2, 0.25) is 5.91 Å². The van der Waals surface area contributed by atoms with E-state index in [0.717, 1.165) is 12.1 Å². The summed E-state index contributed by atoms with van der Waals surface area (Å²) in [5, 5.41) is 11.2. The monoisotopic (exact) mass is 252 g/mol. The zero-order chi connectivity index (χ0) is 13.7. The highest BCUT2D eigenvalue weighted by atomic mass is 19.1. The van der Waals surface area contributed by atoms with Crippen LogP contribution in [0.15, 0.2) is 30.9 Å². The number of amides is 1. The number of aromatic carboxylic acids is 1. The molecule has 0 aromatic heterocycles. The Bertz CT molecular complexity index is 488. The molecule has 0 saturated heterocycles. The zero-order valence-electron chi connectivity index (χ0n) is 9.52. The van der Waals surface area contributed by atoms with Crippen molar-refractivity contribution >= 4 is 17.6 Å². The molecule has 18 heavy (non-hydrogen) atoms. The summed E-state index contributed by atoms with van der Waals surface area (Å²) < 4.78 is 12.9. The first-order valence-electron chi connectivity index (χ1n) is 5.16. The van der Waals surface area contributed by atoms with Gasteiger partial charge in [-0.25, -0.2) is 9.18 Å². The maximum atomic E-state index is 12.9. The van der Waals surface area contributed by atoms with Gasteiger partial charge in [0.1, 0.15) is 5.82 Å². The van der Waals surface area contributed by atoms with Crippen molar-refractivity contribution in [1.29, 1.82) is 0 Å². The summed E-state index contributed by atoms with van der Waals surface area (Å²) in [6.45, 7) is 3.44. The Morgan fingerprint density at radius 2 is 2.22 bits per heavy atom. The van der Waals surface area contributed by atoms with Gasteiger partial charge in [-0.3, -0.25) is 4.79 Å². The molecule has 0 bridgehead atoms. The Balaban J connectivity index is 2.93. The molecule has 0 aliphatic rings. The number of nitrogens with two attached hydrogens (primary N) is 1. The highest BCUT2D eigenvalue weighted by molar-refractivity contribution is 6.02. The summed E-state index contributed by atoms with van der Waals surface area (Å²) in [6.07, 6.45) is 1.74. The molecule has 1 amide bonds. The van der Waals surface area contributed by atoms with Crippen LogP contribution in [0.1, 0.15) is 16.8 Å². The quantitative estimate of drug-likeness (QED) is 0.690. The van der Waals surface area contributed by atoms with Gasteiger partial charge in [0.25, 0.3) is 0 Å². The average molecular weight is 252 g/mol. The van der Waals surface area contributed by atoms with Crippen molar-refractivity contribution in [1.82, 2.24) is 0 Å². The number of carboxylic acid groups (broad SMARTS) is 1. The third-order valence-corrected chi connectivity index (χ3v) is 2.23. The molecular formula is C12H13FN2O3. The number of nitrogens with one attached hydrogen (secondary N) is 1. The Morgan fingerprint density at radius 3 is 2.78 bits per heavy atom. The summed E-state index contributed by atoms with van der Waals surface area (Å²) in [6, 6.07) is 2.24. The molecule has 1 atom stereocenters. The van der Waals surface area contributed by atoms with Crippen LogP contribution in [0, 0.1) is 5.82 Å². The molecule has 96 valence electrons. The topological polar surface area (TPSA) is 92.4 Å². The highest BCUT2D eigenvalue weighted by Crippen LogP contribution is 2.17. The molecule has 0 aliphatic heterocycles. The molecule has 1 aromatic carbocycles. The number of halogens is 1. The summed E-state index contributed by atoms with van der Waals surface area (Å²) in [4.78, 5) is 22.5. The summed E-state index contributed by atoms with van der Waals surface area (Å²) in [5.41, 5.74) is 5.21. The predicted molar refractivity (Wildman–Crippen MR) is 64.8 cm³/mol. The molecule has 0 spiro atoms. The maximum absolute atomic E-state index is 12.9. The lowest BCUT2D eigenvalue weighted by atomic mass is 10.1. The third-order valence-electron chi connectivity index (χ3n) is 2.23. The first kappa shape index (κ1) is 13.9. The number of carbonyl (C=O) groups is 2. The van der Waals surface area contributed by atoms with Crippen LogP contribution in [0.5, 0.6) is 0 Å². The smallest absolute Gasteiger partial charge is 0.337 e. The fourth-order valence-corrected chi connectivity index (χ4v) is 1.31. The van der Waals surface area contributed by atoms with E-state index >= 15 is 0 Å². The van der Waals surface area contributed by atoms with Crippen LogP contribution in [0.4, 0.5) is 10.1 Å². The molecule has 6 heteroatoms. The van der Waals surface area contributed by atoms with E-state index in [2.05, 4.69) is 11.9 Å². The van der Waals surface area contributed by atoms with Crippen LogP contribution in [0.3, 0.4) is 0 Å². The number of carboxylic acids is 1. The van der Waals surface area contributed by atoms with Gasteiger partial charge < -0.3 is 16.2 Å². The summed E-state index contributed by atoms with van der Waals surface area (Å²) >= 11 is 0. The SMILES string of the molecule is C=CCC(N)C(=O)Nc1ccc(F)cc1C(=O)O. The van der Waals surface area contributed by atoms with Crippen LogP contribution in [0.2, 0.25) is 0 Å². The molecule has 1 rings (SSSR count). The van der Waals surface area contributed by atoms with Gasteiger partial charge in [-0.2, -0.15) is 0 Å². The van der Waals surface area contributed by atoms with E-state index in [1.54, 1.807) is 0 Å². The van der Waals surface area contributed by atoms with Crippen molar-refractivity contribution in [2.45, 2.75) is 12.5 Å².